The molecule has 1 heteroatoms. The van der Waals surface area contributed by atoms with Crippen LogP contribution in [0.25, 0.3) is 11.1 Å². The fourth-order valence-corrected chi connectivity index (χ4v) is 2.41. The van der Waals surface area contributed by atoms with Crippen molar-refractivity contribution in [2.24, 2.45) is 0 Å². The quantitative estimate of drug-likeness (QED) is 0.541. The molecule has 2 aromatic rings. The van der Waals surface area contributed by atoms with Crippen molar-refractivity contribution in [1.29, 1.82) is 5.26 Å². The first-order valence-corrected chi connectivity index (χ1v) is 5.95. The molecule has 1 aliphatic rings. The van der Waals surface area contributed by atoms with Crippen LogP contribution in [0.15, 0.2) is 42.5 Å². The zero-order valence-electron chi connectivity index (χ0n) is 9.90. The van der Waals surface area contributed by atoms with Gasteiger partial charge in [0.25, 0.3) is 0 Å². The summed E-state index contributed by atoms with van der Waals surface area (Å²) >= 11 is 0. The highest BCUT2D eigenvalue weighted by molar-refractivity contribution is 5.77. The van der Waals surface area contributed by atoms with Gasteiger partial charge in [-0.3, -0.25) is 0 Å². The van der Waals surface area contributed by atoms with Gasteiger partial charge in [-0.2, -0.15) is 5.26 Å². The average Bonchev–Trinajstić information content (AvgIpc) is 2.76. The van der Waals surface area contributed by atoms with E-state index in [4.69, 9.17) is 5.26 Å². The van der Waals surface area contributed by atoms with Crippen molar-refractivity contribution >= 4 is 0 Å². The Morgan fingerprint density at radius 1 is 1.00 bits per heavy atom. The number of nitrogens with zero attached hydrogens (tertiary/aromatic N) is 1. The lowest BCUT2D eigenvalue weighted by atomic mass is 10.0. The molecule has 0 saturated heterocycles. The standard InChI is InChI=1S/C17H11N/c18-10-4-3-5-13-8-9-17-15(11-13)12-14-6-1-2-7-16(14)17/h1-2,6-9,11H,4,12H2. The van der Waals surface area contributed by atoms with Gasteiger partial charge in [-0.1, -0.05) is 42.2 Å². The summed E-state index contributed by atoms with van der Waals surface area (Å²) in [6, 6.07) is 16.8. The second-order valence-corrected chi connectivity index (χ2v) is 4.34. The van der Waals surface area contributed by atoms with Gasteiger partial charge < -0.3 is 0 Å². The highest BCUT2D eigenvalue weighted by atomic mass is 14.2. The van der Waals surface area contributed by atoms with Crippen molar-refractivity contribution in [1.82, 2.24) is 0 Å². The lowest BCUT2D eigenvalue weighted by Gasteiger charge is -2.00. The molecule has 1 aliphatic carbocycles. The van der Waals surface area contributed by atoms with Crippen LogP contribution >= 0.6 is 0 Å². The van der Waals surface area contributed by atoms with E-state index in [0.29, 0.717) is 0 Å². The summed E-state index contributed by atoms with van der Waals surface area (Å²) in [4.78, 5) is 0. The van der Waals surface area contributed by atoms with E-state index in [1.807, 2.05) is 12.1 Å². The topological polar surface area (TPSA) is 23.8 Å². The maximum atomic E-state index is 8.46. The molecule has 84 valence electrons. The van der Waals surface area contributed by atoms with Crippen LogP contribution in [-0.2, 0) is 6.42 Å². The maximum absolute atomic E-state index is 8.46. The van der Waals surface area contributed by atoms with Crippen molar-refractivity contribution in [3.8, 4) is 29.0 Å². The van der Waals surface area contributed by atoms with Crippen LogP contribution in [0, 0.1) is 23.2 Å². The lowest BCUT2D eigenvalue weighted by molar-refractivity contribution is 1.26. The summed E-state index contributed by atoms with van der Waals surface area (Å²) in [7, 11) is 0. The summed E-state index contributed by atoms with van der Waals surface area (Å²) in [5.74, 6) is 5.88. The van der Waals surface area contributed by atoms with Gasteiger partial charge in [0.2, 0.25) is 0 Å². The Bertz CT molecular complexity index is 708. The van der Waals surface area contributed by atoms with Crippen LogP contribution in [0.3, 0.4) is 0 Å². The minimum Gasteiger partial charge on any atom is -0.197 e. The van der Waals surface area contributed by atoms with Gasteiger partial charge in [0, 0.05) is 5.56 Å². The first-order valence-electron chi connectivity index (χ1n) is 5.95. The Morgan fingerprint density at radius 2 is 1.83 bits per heavy atom. The summed E-state index contributed by atoms with van der Waals surface area (Å²) in [6.45, 7) is 0. The summed E-state index contributed by atoms with van der Waals surface area (Å²) in [5.41, 5.74) is 6.37. The molecule has 3 rings (SSSR count). The first kappa shape index (κ1) is 10.6. The Balaban J connectivity index is 2.00. The summed E-state index contributed by atoms with van der Waals surface area (Å²) in [6.07, 6.45) is 1.27. The van der Waals surface area contributed by atoms with Gasteiger partial charge >= 0.3 is 0 Å². The predicted octanol–water partition coefficient (Wildman–Crippen LogP) is 3.52. The second kappa shape index (κ2) is 4.40. The van der Waals surface area contributed by atoms with E-state index < -0.39 is 0 Å². The van der Waals surface area contributed by atoms with Gasteiger partial charge in [-0.05, 0) is 40.8 Å². The molecule has 0 amide bonds. The second-order valence-electron chi connectivity index (χ2n) is 4.34. The number of fused-ring (bicyclic) bond motifs is 3. The Kier molecular flexibility index (Phi) is 2.60. The monoisotopic (exact) mass is 229 g/mol. The molecule has 0 fully saturated rings. The van der Waals surface area contributed by atoms with E-state index in [-0.39, 0.29) is 6.42 Å². The molecular formula is C17H11N. The number of nitriles is 1. The molecule has 0 bridgehead atoms. The molecule has 0 aliphatic heterocycles. The highest BCUT2D eigenvalue weighted by Crippen LogP contribution is 2.36. The molecule has 0 heterocycles. The average molecular weight is 229 g/mol. The summed E-state index contributed by atoms with van der Waals surface area (Å²) < 4.78 is 0. The fourth-order valence-electron chi connectivity index (χ4n) is 2.41. The SMILES string of the molecule is N#CCC#Cc1ccc2c(c1)Cc1ccccc1-2. The smallest absolute Gasteiger partial charge is 0.0966 e. The normalized spacial score (nSPS) is 10.8. The van der Waals surface area contributed by atoms with E-state index in [0.717, 1.165) is 12.0 Å². The van der Waals surface area contributed by atoms with Gasteiger partial charge in [0.1, 0.15) is 0 Å². The van der Waals surface area contributed by atoms with E-state index in [1.165, 1.54) is 22.3 Å². The largest absolute Gasteiger partial charge is 0.197 e. The molecule has 0 unspecified atom stereocenters. The van der Waals surface area contributed by atoms with Crippen LogP contribution in [0.4, 0.5) is 0 Å². The minimum atomic E-state index is 0.289. The molecule has 1 nitrogen and oxygen atoms in total. The van der Waals surface area contributed by atoms with Crippen molar-refractivity contribution in [2.75, 3.05) is 0 Å². The molecular weight excluding hydrogens is 218 g/mol. The van der Waals surface area contributed by atoms with Gasteiger partial charge in [0.15, 0.2) is 0 Å². The molecule has 0 N–H and O–H groups in total. The van der Waals surface area contributed by atoms with Gasteiger partial charge in [-0.15, -0.1) is 0 Å². The Hall–Kier alpha value is -2.51. The first-order chi connectivity index (χ1) is 8.88. The zero-order valence-corrected chi connectivity index (χ0v) is 9.90. The molecule has 0 atom stereocenters. The lowest BCUT2D eigenvalue weighted by Crippen LogP contribution is -1.82. The number of rotatable bonds is 0. The maximum Gasteiger partial charge on any atom is 0.0966 e. The van der Waals surface area contributed by atoms with E-state index in [9.17, 15) is 0 Å². The minimum absolute atomic E-state index is 0.289. The third-order valence-electron chi connectivity index (χ3n) is 3.19. The Labute approximate surface area is 107 Å². The van der Waals surface area contributed by atoms with Crippen LogP contribution < -0.4 is 0 Å². The highest BCUT2D eigenvalue weighted by Gasteiger charge is 2.17. The third-order valence-corrected chi connectivity index (χ3v) is 3.19. The van der Waals surface area contributed by atoms with Crippen LogP contribution in [0.1, 0.15) is 23.1 Å². The van der Waals surface area contributed by atoms with Crippen molar-refractivity contribution in [3.63, 3.8) is 0 Å². The zero-order chi connectivity index (χ0) is 12.4. The van der Waals surface area contributed by atoms with E-state index in [1.54, 1.807) is 0 Å². The molecule has 2 aromatic carbocycles. The molecule has 0 radical (unpaired) electrons. The van der Waals surface area contributed by atoms with Crippen LogP contribution in [0.2, 0.25) is 0 Å². The van der Waals surface area contributed by atoms with Crippen molar-refractivity contribution in [3.05, 3.63) is 59.2 Å². The molecule has 0 spiro atoms. The van der Waals surface area contributed by atoms with E-state index >= 15 is 0 Å². The Morgan fingerprint density at radius 3 is 2.72 bits per heavy atom. The van der Waals surface area contributed by atoms with Crippen molar-refractivity contribution in [2.45, 2.75) is 12.8 Å². The fraction of sp³-hybridized carbons (Fsp3) is 0.118. The van der Waals surface area contributed by atoms with Crippen LogP contribution in [0.5, 0.6) is 0 Å². The molecule has 0 saturated carbocycles. The third kappa shape index (κ3) is 1.77. The molecule has 0 aromatic heterocycles. The van der Waals surface area contributed by atoms with E-state index in [2.05, 4.69) is 48.2 Å². The number of benzene rings is 2. The molecule has 18 heavy (non-hydrogen) atoms. The summed E-state index contributed by atoms with van der Waals surface area (Å²) in [5, 5.41) is 8.46. The van der Waals surface area contributed by atoms with Gasteiger partial charge in [0.05, 0.1) is 12.5 Å². The van der Waals surface area contributed by atoms with Crippen LogP contribution in [-0.4, -0.2) is 0 Å². The number of hydrogen-bond donors (Lipinski definition) is 0. The predicted molar refractivity (Wildman–Crippen MR) is 71.8 cm³/mol. The number of hydrogen-bond acceptors (Lipinski definition) is 1. The van der Waals surface area contributed by atoms with Gasteiger partial charge in [-0.25, -0.2) is 0 Å². The van der Waals surface area contributed by atoms with Crippen molar-refractivity contribution < 1.29 is 0 Å².